The zero-order valence-electron chi connectivity index (χ0n) is 11.5. The maximum Gasteiger partial charge on any atom is 0.255 e. The molecule has 2 N–H and O–H groups in total. The number of amides is 1. The lowest BCUT2D eigenvalue weighted by Gasteiger charge is -2.10. The summed E-state index contributed by atoms with van der Waals surface area (Å²) in [6.45, 7) is 4.17. The minimum atomic E-state index is -0.0975. The van der Waals surface area contributed by atoms with Crippen LogP contribution in [0.4, 0.5) is 5.82 Å². The summed E-state index contributed by atoms with van der Waals surface area (Å²) in [5.41, 5.74) is 0.581. The van der Waals surface area contributed by atoms with Gasteiger partial charge in [0.2, 0.25) is 0 Å². The molecular weight excluding hydrogens is 254 g/mol. The fourth-order valence-corrected chi connectivity index (χ4v) is 1.87. The lowest BCUT2D eigenvalue weighted by Crippen LogP contribution is -2.26. The second-order valence-electron chi connectivity index (χ2n) is 4.34. The topological polar surface area (TPSA) is 71.8 Å². The van der Waals surface area contributed by atoms with Gasteiger partial charge in [-0.15, -0.1) is 0 Å². The molecule has 2 heterocycles. The van der Waals surface area contributed by atoms with Crippen LogP contribution in [0.25, 0.3) is 0 Å². The highest BCUT2D eigenvalue weighted by Crippen LogP contribution is 2.10. The number of hydrogen-bond acceptors (Lipinski definition) is 4. The van der Waals surface area contributed by atoms with E-state index >= 15 is 0 Å². The first-order valence-electron chi connectivity index (χ1n) is 6.74. The number of nitrogens with one attached hydrogen (secondary N) is 2. The average molecular weight is 273 g/mol. The minimum Gasteiger partial charge on any atom is -0.370 e. The van der Waals surface area contributed by atoms with Crippen LogP contribution in [0.1, 0.15) is 23.7 Å². The van der Waals surface area contributed by atoms with E-state index in [1.54, 1.807) is 30.9 Å². The first-order chi connectivity index (χ1) is 9.81. The van der Waals surface area contributed by atoms with E-state index < -0.39 is 0 Å². The summed E-state index contributed by atoms with van der Waals surface area (Å²) >= 11 is 0. The van der Waals surface area contributed by atoms with Crippen molar-refractivity contribution in [3.63, 3.8) is 0 Å². The van der Waals surface area contributed by atoms with Crippen LogP contribution >= 0.6 is 0 Å². The molecule has 0 fully saturated rings. The fraction of sp³-hybridized carbons (Fsp3) is 0.357. The van der Waals surface area contributed by atoms with Crippen molar-refractivity contribution < 1.29 is 4.79 Å². The maximum atomic E-state index is 12.1. The lowest BCUT2D eigenvalue weighted by molar-refractivity contribution is 0.0953. The first-order valence-corrected chi connectivity index (χ1v) is 6.74. The van der Waals surface area contributed by atoms with Crippen molar-refractivity contribution in [3.8, 4) is 0 Å². The van der Waals surface area contributed by atoms with Crippen molar-refractivity contribution in [1.29, 1.82) is 0 Å². The number of aryl methyl sites for hydroxylation is 1. The van der Waals surface area contributed by atoms with Crippen LogP contribution in [0.3, 0.4) is 0 Å². The monoisotopic (exact) mass is 273 g/mol. The summed E-state index contributed by atoms with van der Waals surface area (Å²) in [4.78, 5) is 20.2. The molecule has 0 aliphatic carbocycles. The van der Waals surface area contributed by atoms with Gasteiger partial charge >= 0.3 is 0 Å². The SMILES string of the molecule is CCNc1ncccc1C(=O)NCCCn1ccnc1. The van der Waals surface area contributed by atoms with Crippen LogP contribution in [-0.4, -0.2) is 33.5 Å². The molecule has 2 rings (SSSR count). The van der Waals surface area contributed by atoms with Crippen LogP contribution < -0.4 is 10.6 Å². The molecule has 0 radical (unpaired) electrons. The molecule has 1 amide bonds. The smallest absolute Gasteiger partial charge is 0.255 e. The molecule has 2 aromatic heterocycles. The Morgan fingerprint density at radius 1 is 1.40 bits per heavy atom. The van der Waals surface area contributed by atoms with Gasteiger partial charge in [0.1, 0.15) is 5.82 Å². The van der Waals surface area contributed by atoms with Crippen LogP contribution in [0.15, 0.2) is 37.1 Å². The number of hydrogen-bond donors (Lipinski definition) is 2. The van der Waals surface area contributed by atoms with Crippen LogP contribution in [0.2, 0.25) is 0 Å². The molecule has 0 aromatic carbocycles. The van der Waals surface area contributed by atoms with Gasteiger partial charge in [-0.05, 0) is 25.5 Å². The van der Waals surface area contributed by atoms with Crippen molar-refractivity contribution in [2.45, 2.75) is 19.9 Å². The largest absolute Gasteiger partial charge is 0.370 e. The number of nitrogens with zero attached hydrogens (tertiary/aromatic N) is 3. The van der Waals surface area contributed by atoms with E-state index in [9.17, 15) is 4.79 Å². The molecule has 0 bridgehead atoms. The van der Waals surface area contributed by atoms with E-state index in [-0.39, 0.29) is 5.91 Å². The average Bonchev–Trinajstić information content (AvgIpc) is 2.97. The summed E-state index contributed by atoms with van der Waals surface area (Å²) in [5.74, 6) is 0.529. The quantitative estimate of drug-likeness (QED) is 0.750. The van der Waals surface area contributed by atoms with E-state index in [1.807, 2.05) is 17.7 Å². The number of imidazole rings is 1. The third-order valence-electron chi connectivity index (χ3n) is 2.83. The van der Waals surface area contributed by atoms with Crippen molar-refractivity contribution in [2.24, 2.45) is 0 Å². The Bertz CT molecular complexity index is 538. The molecule has 0 spiro atoms. The highest BCUT2D eigenvalue weighted by Gasteiger charge is 2.10. The Morgan fingerprint density at radius 2 is 2.30 bits per heavy atom. The molecule has 20 heavy (non-hydrogen) atoms. The summed E-state index contributed by atoms with van der Waals surface area (Å²) in [6.07, 6.45) is 7.96. The zero-order valence-corrected chi connectivity index (χ0v) is 11.5. The summed E-state index contributed by atoms with van der Waals surface area (Å²) < 4.78 is 1.99. The Labute approximate surface area is 118 Å². The zero-order chi connectivity index (χ0) is 14.2. The second kappa shape index (κ2) is 7.28. The number of rotatable bonds is 7. The van der Waals surface area contributed by atoms with Gasteiger partial charge in [-0.25, -0.2) is 9.97 Å². The fourth-order valence-electron chi connectivity index (χ4n) is 1.87. The van der Waals surface area contributed by atoms with Crippen molar-refractivity contribution in [3.05, 3.63) is 42.6 Å². The summed E-state index contributed by atoms with van der Waals surface area (Å²) in [7, 11) is 0. The van der Waals surface area contributed by atoms with Crippen molar-refractivity contribution in [1.82, 2.24) is 19.9 Å². The molecule has 0 unspecified atom stereocenters. The van der Waals surface area contributed by atoms with Crippen molar-refractivity contribution in [2.75, 3.05) is 18.4 Å². The van der Waals surface area contributed by atoms with E-state index in [1.165, 1.54) is 0 Å². The molecule has 2 aromatic rings. The number of aromatic nitrogens is 3. The molecule has 0 atom stereocenters. The van der Waals surface area contributed by atoms with Gasteiger partial charge in [0.25, 0.3) is 5.91 Å². The molecule has 0 saturated carbocycles. The van der Waals surface area contributed by atoms with Gasteiger partial charge in [0, 0.05) is 38.2 Å². The number of carbonyl (C=O) groups excluding carboxylic acids is 1. The van der Waals surface area contributed by atoms with Gasteiger partial charge in [-0.3, -0.25) is 4.79 Å². The maximum absolute atomic E-state index is 12.1. The predicted octanol–water partition coefficient (Wildman–Crippen LogP) is 1.53. The standard InChI is InChI=1S/C14H19N5O/c1-2-16-13-12(5-3-6-17-13)14(20)18-7-4-9-19-10-8-15-11-19/h3,5-6,8,10-11H,2,4,7,9H2,1H3,(H,16,17)(H,18,20). The van der Waals surface area contributed by atoms with E-state index in [0.717, 1.165) is 19.5 Å². The van der Waals surface area contributed by atoms with Gasteiger partial charge < -0.3 is 15.2 Å². The molecular formula is C14H19N5O. The second-order valence-corrected chi connectivity index (χ2v) is 4.34. The van der Waals surface area contributed by atoms with Gasteiger partial charge in [0.05, 0.1) is 11.9 Å². The molecule has 0 aliphatic heterocycles. The molecule has 6 heteroatoms. The summed E-state index contributed by atoms with van der Waals surface area (Å²) in [6, 6.07) is 3.54. The predicted molar refractivity (Wildman–Crippen MR) is 77.6 cm³/mol. The van der Waals surface area contributed by atoms with E-state index in [0.29, 0.717) is 17.9 Å². The lowest BCUT2D eigenvalue weighted by atomic mass is 10.2. The van der Waals surface area contributed by atoms with Gasteiger partial charge in [-0.1, -0.05) is 0 Å². The summed E-state index contributed by atoms with van der Waals surface area (Å²) in [5, 5.41) is 5.99. The number of anilines is 1. The highest BCUT2D eigenvalue weighted by molar-refractivity contribution is 5.98. The van der Waals surface area contributed by atoms with Crippen LogP contribution in [0, 0.1) is 0 Å². The molecule has 6 nitrogen and oxygen atoms in total. The Kier molecular flexibility index (Phi) is 5.11. The minimum absolute atomic E-state index is 0.0975. The first kappa shape index (κ1) is 14.0. The van der Waals surface area contributed by atoms with Gasteiger partial charge in [-0.2, -0.15) is 0 Å². The number of carbonyl (C=O) groups is 1. The Balaban J connectivity index is 1.82. The van der Waals surface area contributed by atoms with Crippen molar-refractivity contribution >= 4 is 11.7 Å². The van der Waals surface area contributed by atoms with E-state index in [2.05, 4.69) is 20.6 Å². The molecule has 106 valence electrons. The number of pyridine rings is 1. The van der Waals surface area contributed by atoms with Crippen LogP contribution in [0.5, 0.6) is 0 Å². The Morgan fingerprint density at radius 3 is 3.05 bits per heavy atom. The van der Waals surface area contributed by atoms with E-state index in [4.69, 9.17) is 0 Å². The Hall–Kier alpha value is -2.37. The highest BCUT2D eigenvalue weighted by atomic mass is 16.1. The molecule has 0 saturated heterocycles. The normalized spacial score (nSPS) is 10.2. The van der Waals surface area contributed by atoms with Gasteiger partial charge in [0.15, 0.2) is 0 Å². The van der Waals surface area contributed by atoms with Crippen LogP contribution in [-0.2, 0) is 6.54 Å². The third kappa shape index (κ3) is 3.81. The molecule has 0 aliphatic rings. The third-order valence-corrected chi connectivity index (χ3v) is 2.83.